The standard InChI is InChI=1S/C20H8Br8N2O4/c1-2-4(30-19(33)7-8(20(30)34)12(24)16(28)15(27)11(7)23)3-29-17(31)5-6(18(29)32)10(22)14(26)13(25)9(5)21/h4H,2-3H2,1H3. The fraction of sp³-hybridized carbons (Fsp3) is 0.200. The molecule has 0 radical (unpaired) electrons. The lowest BCUT2D eigenvalue weighted by Gasteiger charge is -2.28. The maximum atomic E-state index is 13.4. The van der Waals surface area contributed by atoms with Crippen LogP contribution in [0.3, 0.4) is 0 Å². The van der Waals surface area contributed by atoms with E-state index in [9.17, 15) is 19.2 Å². The zero-order valence-corrected chi connectivity index (χ0v) is 29.2. The predicted octanol–water partition coefficient (Wildman–Crippen LogP) is 8.46. The van der Waals surface area contributed by atoms with Crippen molar-refractivity contribution >= 4 is 151 Å². The lowest BCUT2D eigenvalue weighted by molar-refractivity contribution is 0.0472. The van der Waals surface area contributed by atoms with E-state index in [1.54, 1.807) is 6.92 Å². The van der Waals surface area contributed by atoms with Gasteiger partial charge in [0, 0.05) is 35.8 Å². The van der Waals surface area contributed by atoms with Crippen molar-refractivity contribution in [3.05, 3.63) is 58.0 Å². The minimum atomic E-state index is -0.726. The number of amides is 4. The summed E-state index contributed by atoms with van der Waals surface area (Å²) in [5.74, 6) is -2.03. The van der Waals surface area contributed by atoms with Crippen molar-refractivity contribution in [2.45, 2.75) is 19.4 Å². The number of carbonyl (C=O) groups excluding carboxylic acids is 4. The van der Waals surface area contributed by atoms with Gasteiger partial charge < -0.3 is 0 Å². The van der Waals surface area contributed by atoms with E-state index < -0.39 is 29.7 Å². The Hall–Kier alpha value is 0.560. The van der Waals surface area contributed by atoms with Crippen LogP contribution in [-0.2, 0) is 0 Å². The number of fused-ring (bicyclic) bond motifs is 2. The Kier molecular flexibility index (Phi) is 8.14. The third-order valence-corrected chi connectivity index (χ3v) is 15.1. The molecule has 0 N–H and O–H groups in total. The summed E-state index contributed by atoms with van der Waals surface area (Å²) >= 11 is 27.2. The first-order valence-electron chi connectivity index (χ1n) is 9.32. The molecule has 2 heterocycles. The molecular weight excluding hydrogens is 971 g/mol. The average Bonchev–Trinajstić information content (AvgIpc) is 3.21. The maximum Gasteiger partial charge on any atom is 0.263 e. The highest BCUT2D eigenvalue weighted by Gasteiger charge is 2.47. The molecule has 34 heavy (non-hydrogen) atoms. The summed E-state index contributed by atoms with van der Waals surface area (Å²) in [5.41, 5.74) is 0.849. The first kappa shape index (κ1) is 27.6. The summed E-state index contributed by atoms with van der Waals surface area (Å²) in [7, 11) is 0. The van der Waals surface area contributed by atoms with Gasteiger partial charge in [-0.25, -0.2) is 0 Å². The van der Waals surface area contributed by atoms with E-state index in [2.05, 4.69) is 127 Å². The van der Waals surface area contributed by atoms with Gasteiger partial charge in [0.25, 0.3) is 23.6 Å². The van der Waals surface area contributed by atoms with E-state index in [-0.39, 0.29) is 28.8 Å². The zero-order valence-electron chi connectivity index (χ0n) is 16.5. The first-order chi connectivity index (χ1) is 15.9. The topological polar surface area (TPSA) is 74.8 Å². The number of hydrogen-bond donors (Lipinski definition) is 0. The van der Waals surface area contributed by atoms with Crippen LogP contribution in [0.15, 0.2) is 35.8 Å². The van der Waals surface area contributed by atoms with E-state index in [0.29, 0.717) is 42.2 Å². The Morgan fingerprint density at radius 3 is 1.12 bits per heavy atom. The van der Waals surface area contributed by atoms with Gasteiger partial charge in [-0.2, -0.15) is 0 Å². The average molecular weight is 980 g/mol. The van der Waals surface area contributed by atoms with E-state index >= 15 is 0 Å². The molecule has 0 bridgehead atoms. The number of halogens is 8. The highest BCUT2D eigenvalue weighted by molar-refractivity contribution is 9.15. The molecule has 0 fully saturated rings. The number of rotatable bonds is 4. The quantitative estimate of drug-likeness (QED) is 0.175. The molecular formula is C20H8Br8N2O4. The van der Waals surface area contributed by atoms with E-state index in [1.165, 1.54) is 0 Å². The second kappa shape index (κ2) is 10.0. The fourth-order valence-corrected chi connectivity index (χ4v) is 8.78. The maximum absolute atomic E-state index is 13.4. The van der Waals surface area contributed by atoms with Gasteiger partial charge in [-0.15, -0.1) is 0 Å². The first-order valence-corrected chi connectivity index (χ1v) is 15.7. The van der Waals surface area contributed by atoms with Crippen LogP contribution in [0, 0.1) is 0 Å². The number of carbonyl (C=O) groups is 4. The van der Waals surface area contributed by atoms with Crippen molar-refractivity contribution in [3.63, 3.8) is 0 Å². The Morgan fingerprint density at radius 1 is 0.529 bits per heavy atom. The summed E-state index contributed by atoms with van der Waals surface area (Å²) in [6.07, 6.45) is 0.339. The van der Waals surface area contributed by atoms with Crippen molar-refractivity contribution in [2.24, 2.45) is 0 Å². The van der Waals surface area contributed by atoms with Gasteiger partial charge in [0.15, 0.2) is 0 Å². The molecule has 178 valence electrons. The second-order valence-corrected chi connectivity index (χ2v) is 13.6. The molecule has 6 nitrogen and oxygen atoms in total. The molecule has 0 saturated heterocycles. The van der Waals surface area contributed by atoms with Crippen LogP contribution >= 0.6 is 127 Å². The third-order valence-electron chi connectivity index (χ3n) is 5.55. The zero-order chi connectivity index (χ0) is 25.4. The molecule has 1 unspecified atom stereocenters. The molecule has 0 aliphatic carbocycles. The Labute approximate surface area is 261 Å². The van der Waals surface area contributed by atoms with E-state index in [0.717, 1.165) is 9.80 Å². The van der Waals surface area contributed by atoms with Gasteiger partial charge in [-0.05, 0) is 134 Å². The van der Waals surface area contributed by atoms with Crippen LogP contribution < -0.4 is 0 Å². The number of imide groups is 2. The Balaban J connectivity index is 1.74. The summed E-state index contributed by atoms with van der Waals surface area (Å²) in [5, 5.41) is 0. The van der Waals surface area contributed by atoms with E-state index in [4.69, 9.17) is 0 Å². The van der Waals surface area contributed by atoms with E-state index in [1.807, 2.05) is 0 Å². The largest absolute Gasteiger partial charge is 0.272 e. The van der Waals surface area contributed by atoms with Crippen molar-refractivity contribution in [1.82, 2.24) is 9.80 Å². The molecule has 1 atom stereocenters. The minimum Gasteiger partial charge on any atom is -0.272 e. The van der Waals surface area contributed by atoms with Crippen LogP contribution in [0.4, 0.5) is 0 Å². The normalized spacial score (nSPS) is 16.0. The van der Waals surface area contributed by atoms with Crippen molar-refractivity contribution in [2.75, 3.05) is 6.54 Å². The number of benzene rings is 2. The summed E-state index contributed by atoms with van der Waals surface area (Å²) in [4.78, 5) is 55.6. The highest BCUT2D eigenvalue weighted by Crippen LogP contribution is 2.47. The van der Waals surface area contributed by atoms with Gasteiger partial charge in [0.05, 0.1) is 34.8 Å². The predicted molar refractivity (Wildman–Crippen MR) is 154 cm³/mol. The van der Waals surface area contributed by atoms with Crippen LogP contribution in [0.5, 0.6) is 0 Å². The van der Waals surface area contributed by atoms with Crippen LogP contribution in [0.25, 0.3) is 0 Å². The SMILES string of the molecule is CCC(CN1C(=O)c2c(Br)c(Br)c(Br)c(Br)c2C1=O)N1C(=O)c2c(Br)c(Br)c(Br)c(Br)c2C1=O. The highest BCUT2D eigenvalue weighted by atomic mass is 79.9. The Bertz CT molecular complexity index is 1270. The van der Waals surface area contributed by atoms with Gasteiger partial charge in [-0.1, -0.05) is 6.92 Å². The van der Waals surface area contributed by atoms with Crippen LogP contribution in [0.1, 0.15) is 54.8 Å². The lowest BCUT2D eigenvalue weighted by Crippen LogP contribution is -2.48. The van der Waals surface area contributed by atoms with Gasteiger partial charge in [0.1, 0.15) is 0 Å². The van der Waals surface area contributed by atoms with Crippen molar-refractivity contribution in [3.8, 4) is 0 Å². The lowest BCUT2D eigenvalue weighted by atomic mass is 10.1. The molecule has 14 heteroatoms. The monoisotopic (exact) mass is 971 g/mol. The molecule has 2 aromatic carbocycles. The minimum absolute atomic E-state index is 0.139. The van der Waals surface area contributed by atoms with Gasteiger partial charge >= 0.3 is 0 Å². The second-order valence-electron chi connectivity index (χ2n) is 7.28. The van der Waals surface area contributed by atoms with Crippen molar-refractivity contribution < 1.29 is 19.2 Å². The molecule has 4 amide bonds. The molecule has 4 rings (SSSR count). The molecule has 2 aliphatic heterocycles. The fourth-order valence-electron chi connectivity index (χ4n) is 3.86. The van der Waals surface area contributed by atoms with Crippen molar-refractivity contribution in [1.29, 1.82) is 0 Å². The molecule has 0 saturated carbocycles. The van der Waals surface area contributed by atoms with Crippen LogP contribution in [-0.4, -0.2) is 46.0 Å². The van der Waals surface area contributed by atoms with Crippen LogP contribution in [0.2, 0.25) is 0 Å². The molecule has 2 aliphatic rings. The molecule has 0 spiro atoms. The summed E-state index contributed by atoms with van der Waals surface area (Å²) < 4.78 is 4.09. The molecule has 2 aromatic rings. The third kappa shape index (κ3) is 3.95. The number of hydrogen-bond acceptors (Lipinski definition) is 4. The smallest absolute Gasteiger partial charge is 0.263 e. The van der Waals surface area contributed by atoms with Gasteiger partial charge in [0.2, 0.25) is 0 Å². The molecule has 0 aromatic heterocycles. The van der Waals surface area contributed by atoms with Gasteiger partial charge in [-0.3, -0.25) is 29.0 Å². The summed E-state index contributed by atoms with van der Waals surface area (Å²) in [6.45, 7) is 1.65. The number of nitrogens with zero attached hydrogens (tertiary/aromatic N) is 2. The Morgan fingerprint density at radius 2 is 0.824 bits per heavy atom. The summed E-state index contributed by atoms with van der Waals surface area (Å²) in [6, 6.07) is -0.726.